The number of likely N-dealkylation sites (N-methyl/N-ethyl adjacent to an activating group) is 1. The number of carbonyl (C=O) groups excluding carboxylic acids is 1. The minimum atomic E-state index is 0.107. The molecule has 1 aliphatic rings. The smallest absolute Gasteiger partial charge is 0.244 e. The zero-order valence-corrected chi connectivity index (χ0v) is 15.1. The van der Waals surface area contributed by atoms with Gasteiger partial charge in [-0.2, -0.15) is 5.10 Å². The molecule has 6 heteroatoms. The monoisotopic (exact) mass is 332 g/mol. The Morgan fingerprint density at radius 1 is 1.43 bits per heavy atom. The Morgan fingerprint density at radius 3 is 2.91 bits per heavy atom. The van der Waals surface area contributed by atoms with Crippen LogP contribution in [-0.2, 0) is 17.8 Å². The fourth-order valence-electron chi connectivity index (χ4n) is 3.32. The largest absolute Gasteiger partial charge is 0.343 e. The van der Waals surface area contributed by atoms with E-state index in [-0.39, 0.29) is 5.91 Å². The second-order valence-electron chi connectivity index (χ2n) is 6.49. The molecular formula is C17H24N4OS. The minimum Gasteiger partial charge on any atom is -0.343 e. The van der Waals surface area contributed by atoms with Crippen molar-refractivity contribution < 1.29 is 4.79 Å². The van der Waals surface area contributed by atoms with Crippen LogP contribution in [0.2, 0.25) is 0 Å². The molecule has 2 aromatic rings. The van der Waals surface area contributed by atoms with Crippen LogP contribution in [0.25, 0.3) is 0 Å². The van der Waals surface area contributed by atoms with Crippen molar-refractivity contribution in [1.29, 1.82) is 0 Å². The lowest BCUT2D eigenvalue weighted by molar-refractivity contribution is -0.131. The van der Waals surface area contributed by atoms with Gasteiger partial charge in [-0.3, -0.25) is 9.48 Å². The molecule has 0 aliphatic heterocycles. The predicted octanol–water partition coefficient (Wildman–Crippen LogP) is 2.84. The first-order valence-corrected chi connectivity index (χ1v) is 8.97. The van der Waals surface area contributed by atoms with Crippen molar-refractivity contribution in [1.82, 2.24) is 19.7 Å². The molecule has 3 rings (SSSR count). The van der Waals surface area contributed by atoms with Gasteiger partial charge in [-0.05, 0) is 46.1 Å². The minimum absolute atomic E-state index is 0.107. The van der Waals surface area contributed by atoms with Gasteiger partial charge in [0.1, 0.15) is 6.54 Å². The Balaban J connectivity index is 1.66. The average Bonchev–Trinajstić information content (AvgIpc) is 3.01. The third-order valence-electron chi connectivity index (χ3n) is 4.49. The summed E-state index contributed by atoms with van der Waals surface area (Å²) in [6.07, 6.45) is 3.45. The Labute approximate surface area is 141 Å². The highest BCUT2D eigenvalue weighted by atomic mass is 32.1. The van der Waals surface area contributed by atoms with Crippen molar-refractivity contribution in [3.8, 4) is 0 Å². The molecule has 0 aromatic carbocycles. The lowest BCUT2D eigenvalue weighted by Gasteiger charge is -2.26. The van der Waals surface area contributed by atoms with E-state index in [1.807, 2.05) is 43.2 Å². The zero-order valence-electron chi connectivity index (χ0n) is 14.3. The van der Waals surface area contributed by atoms with Crippen LogP contribution in [0.1, 0.15) is 45.7 Å². The van der Waals surface area contributed by atoms with Crippen LogP contribution in [0.3, 0.4) is 0 Å². The van der Waals surface area contributed by atoms with Gasteiger partial charge in [0.25, 0.3) is 0 Å². The molecule has 0 spiro atoms. The molecule has 1 atom stereocenters. The Bertz CT molecular complexity index is 718. The standard InChI is InChI=1S/C17H24N4OS/c1-11-8-12(2)21(19-11)10-16(22)20(4)9-14-6-5-7-15-17(14)18-13(3)23-15/h8,14H,5-7,9-10H2,1-4H3/t14-/m1/s1. The first-order valence-electron chi connectivity index (χ1n) is 8.15. The van der Waals surface area contributed by atoms with E-state index in [2.05, 4.69) is 12.0 Å². The molecular weight excluding hydrogens is 308 g/mol. The number of rotatable bonds is 4. The highest BCUT2D eigenvalue weighted by molar-refractivity contribution is 7.11. The van der Waals surface area contributed by atoms with Gasteiger partial charge in [0.15, 0.2) is 0 Å². The molecule has 0 saturated carbocycles. The van der Waals surface area contributed by atoms with Crippen LogP contribution in [0.4, 0.5) is 0 Å². The molecule has 0 unspecified atom stereocenters. The van der Waals surface area contributed by atoms with Crippen LogP contribution in [0, 0.1) is 20.8 Å². The zero-order chi connectivity index (χ0) is 16.6. The Morgan fingerprint density at radius 2 is 2.22 bits per heavy atom. The normalized spacial score (nSPS) is 17.1. The lowest BCUT2D eigenvalue weighted by Crippen LogP contribution is -2.35. The summed E-state index contributed by atoms with van der Waals surface area (Å²) in [5.41, 5.74) is 3.21. The van der Waals surface area contributed by atoms with E-state index in [1.165, 1.54) is 17.0 Å². The third kappa shape index (κ3) is 3.47. The van der Waals surface area contributed by atoms with Gasteiger partial charge in [0.05, 0.1) is 16.4 Å². The molecule has 5 nitrogen and oxygen atoms in total. The molecule has 1 aliphatic carbocycles. The fraction of sp³-hybridized carbons (Fsp3) is 0.588. The maximum absolute atomic E-state index is 12.5. The number of aromatic nitrogens is 3. The van der Waals surface area contributed by atoms with Gasteiger partial charge in [-0.25, -0.2) is 4.98 Å². The number of amides is 1. The summed E-state index contributed by atoms with van der Waals surface area (Å²) in [6, 6.07) is 2.00. The van der Waals surface area contributed by atoms with Crippen molar-refractivity contribution >= 4 is 17.2 Å². The maximum atomic E-state index is 12.5. The molecule has 0 fully saturated rings. The van der Waals surface area contributed by atoms with Gasteiger partial charge in [-0.1, -0.05) is 0 Å². The van der Waals surface area contributed by atoms with Gasteiger partial charge in [-0.15, -0.1) is 11.3 Å². The van der Waals surface area contributed by atoms with Gasteiger partial charge in [0, 0.05) is 30.1 Å². The number of nitrogens with zero attached hydrogens (tertiary/aromatic N) is 4. The summed E-state index contributed by atoms with van der Waals surface area (Å²) in [4.78, 5) is 20.5. The Hall–Kier alpha value is -1.69. The van der Waals surface area contributed by atoms with Gasteiger partial charge < -0.3 is 4.90 Å². The second-order valence-corrected chi connectivity index (χ2v) is 7.78. The summed E-state index contributed by atoms with van der Waals surface area (Å²) in [6.45, 7) is 7.06. The molecule has 23 heavy (non-hydrogen) atoms. The van der Waals surface area contributed by atoms with Crippen molar-refractivity contribution in [3.05, 3.63) is 33.0 Å². The predicted molar refractivity (Wildman–Crippen MR) is 91.9 cm³/mol. The number of fused-ring (bicyclic) bond motifs is 1. The first-order chi connectivity index (χ1) is 10.9. The summed E-state index contributed by atoms with van der Waals surface area (Å²) in [5, 5.41) is 5.51. The Kier molecular flexibility index (Phi) is 4.53. The van der Waals surface area contributed by atoms with E-state index in [0.29, 0.717) is 12.5 Å². The SMILES string of the molecule is Cc1cc(C)n(CC(=O)N(C)C[C@H]2CCCc3sc(C)nc32)n1. The number of hydrogen-bond acceptors (Lipinski definition) is 4. The number of carbonyl (C=O) groups is 1. The molecule has 2 aromatic heterocycles. The highest BCUT2D eigenvalue weighted by Crippen LogP contribution is 2.34. The number of thiazole rings is 1. The fourth-order valence-corrected chi connectivity index (χ4v) is 4.39. The van der Waals surface area contributed by atoms with Crippen molar-refractivity contribution in [3.63, 3.8) is 0 Å². The lowest BCUT2D eigenvalue weighted by atomic mass is 9.90. The van der Waals surface area contributed by atoms with Crippen LogP contribution in [0.5, 0.6) is 0 Å². The molecule has 0 radical (unpaired) electrons. The van der Waals surface area contributed by atoms with E-state index >= 15 is 0 Å². The van der Waals surface area contributed by atoms with Crippen LogP contribution in [-0.4, -0.2) is 39.2 Å². The van der Waals surface area contributed by atoms with Gasteiger partial charge in [0.2, 0.25) is 5.91 Å². The highest BCUT2D eigenvalue weighted by Gasteiger charge is 2.26. The molecule has 0 bridgehead atoms. The molecule has 124 valence electrons. The number of aryl methyl sites for hydroxylation is 4. The van der Waals surface area contributed by atoms with E-state index in [1.54, 1.807) is 4.68 Å². The maximum Gasteiger partial charge on any atom is 0.244 e. The van der Waals surface area contributed by atoms with E-state index in [4.69, 9.17) is 4.98 Å². The molecule has 0 N–H and O–H groups in total. The van der Waals surface area contributed by atoms with Crippen LogP contribution >= 0.6 is 11.3 Å². The first kappa shape index (κ1) is 16.2. The van der Waals surface area contributed by atoms with E-state index < -0.39 is 0 Å². The van der Waals surface area contributed by atoms with E-state index in [0.717, 1.165) is 35.8 Å². The van der Waals surface area contributed by atoms with Crippen molar-refractivity contribution in [2.24, 2.45) is 0 Å². The molecule has 1 amide bonds. The average molecular weight is 332 g/mol. The van der Waals surface area contributed by atoms with Crippen molar-refractivity contribution in [2.45, 2.75) is 52.5 Å². The number of hydrogen-bond donors (Lipinski definition) is 0. The van der Waals surface area contributed by atoms with Crippen LogP contribution < -0.4 is 0 Å². The third-order valence-corrected chi connectivity index (χ3v) is 5.53. The van der Waals surface area contributed by atoms with Crippen LogP contribution in [0.15, 0.2) is 6.07 Å². The second kappa shape index (κ2) is 6.43. The molecule has 2 heterocycles. The summed E-state index contributed by atoms with van der Waals surface area (Å²) in [5.74, 6) is 0.480. The topological polar surface area (TPSA) is 51.0 Å². The summed E-state index contributed by atoms with van der Waals surface area (Å²) in [7, 11) is 1.89. The quantitative estimate of drug-likeness (QED) is 0.865. The van der Waals surface area contributed by atoms with Crippen molar-refractivity contribution in [2.75, 3.05) is 13.6 Å². The van der Waals surface area contributed by atoms with E-state index in [9.17, 15) is 4.79 Å². The van der Waals surface area contributed by atoms with Gasteiger partial charge >= 0.3 is 0 Å². The summed E-state index contributed by atoms with van der Waals surface area (Å²) < 4.78 is 1.79. The summed E-state index contributed by atoms with van der Waals surface area (Å²) >= 11 is 1.81. The molecule has 0 saturated heterocycles.